The third kappa shape index (κ3) is 2.81. The molecule has 0 aliphatic carbocycles. The fourth-order valence-corrected chi connectivity index (χ4v) is 2.84. The van der Waals surface area contributed by atoms with Gasteiger partial charge in [0.25, 0.3) is 0 Å². The molecule has 3 rings (SSSR count). The first-order chi connectivity index (χ1) is 11.5. The van der Waals surface area contributed by atoms with Crippen molar-refractivity contribution in [2.45, 2.75) is 26.2 Å². The van der Waals surface area contributed by atoms with Crippen molar-refractivity contribution in [2.75, 3.05) is 0 Å². The highest BCUT2D eigenvalue weighted by Gasteiger charge is 2.28. The van der Waals surface area contributed by atoms with Crippen LogP contribution in [-0.4, -0.2) is 25.5 Å². The number of nitrogens with zero attached hydrogens (tertiary/aromatic N) is 4. The summed E-state index contributed by atoms with van der Waals surface area (Å²) in [5, 5.41) is 16.5. The summed E-state index contributed by atoms with van der Waals surface area (Å²) in [5.74, 6) is -0.406. The highest BCUT2D eigenvalue weighted by molar-refractivity contribution is 6.01. The highest BCUT2D eigenvalue weighted by atomic mass is 16.1. The average Bonchev–Trinajstić information content (AvgIpc) is 3.14. The van der Waals surface area contributed by atoms with Crippen LogP contribution in [0.1, 0.15) is 41.8 Å². The van der Waals surface area contributed by atoms with E-state index in [9.17, 15) is 10.1 Å². The fourth-order valence-electron chi connectivity index (χ4n) is 2.84. The van der Waals surface area contributed by atoms with Crippen molar-refractivity contribution in [3.63, 3.8) is 0 Å². The molecule has 3 aromatic rings. The number of benzene rings is 1. The molecule has 0 saturated carbocycles. The van der Waals surface area contributed by atoms with E-state index in [1.54, 1.807) is 10.6 Å². The van der Waals surface area contributed by atoms with E-state index in [4.69, 9.17) is 0 Å². The van der Waals surface area contributed by atoms with Crippen LogP contribution in [0, 0.1) is 17.2 Å². The van der Waals surface area contributed by atoms with Crippen molar-refractivity contribution in [3.8, 4) is 6.07 Å². The zero-order valence-corrected chi connectivity index (χ0v) is 13.9. The third-order valence-electron chi connectivity index (χ3n) is 3.98. The highest BCUT2D eigenvalue weighted by Crippen LogP contribution is 2.23. The van der Waals surface area contributed by atoms with Crippen LogP contribution in [-0.2, 0) is 13.5 Å². The van der Waals surface area contributed by atoms with Crippen LogP contribution in [0.3, 0.4) is 0 Å². The normalized spacial score (nSPS) is 12.5. The van der Waals surface area contributed by atoms with E-state index in [-0.39, 0.29) is 11.5 Å². The van der Waals surface area contributed by atoms with Crippen LogP contribution < -0.4 is 0 Å². The number of H-pyrrole nitrogens is 1. The Hall–Kier alpha value is -2.94. The summed E-state index contributed by atoms with van der Waals surface area (Å²) in [6, 6.07) is 11.4. The van der Waals surface area contributed by atoms with Crippen LogP contribution in [0.25, 0.3) is 11.0 Å². The maximum Gasteiger partial charge on any atom is 0.207 e. The molecule has 122 valence electrons. The van der Waals surface area contributed by atoms with Crippen molar-refractivity contribution >= 4 is 16.8 Å². The Balaban J connectivity index is 1.96. The number of hydrogen-bond donors (Lipinski definition) is 1. The first-order valence-electron chi connectivity index (χ1n) is 7.90. The molecule has 1 N–H and O–H groups in total. The fraction of sp³-hybridized carbons (Fsp3) is 0.333. The van der Waals surface area contributed by atoms with Gasteiger partial charge in [-0.3, -0.25) is 9.89 Å². The van der Waals surface area contributed by atoms with E-state index < -0.39 is 5.92 Å². The number of hydrogen-bond acceptors (Lipinski definition) is 4. The van der Waals surface area contributed by atoms with Gasteiger partial charge in [0.1, 0.15) is 11.5 Å². The Bertz CT molecular complexity index is 928. The molecule has 2 aromatic heterocycles. The number of rotatable bonds is 5. The van der Waals surface area contributed by atoms with Gasteiger partial charge < -0.3 is 4.57 Å². The molecular formula is C18H19N5O. The molecule has 0 saturated heterocycles. The molecule has 1 unspecified atom stereocenters. The smallest absolute Gasteiger partial charge is 0.207 e. The molecule has 0 fully saturated rings. The summed E-state index contributed by atoms with van der Waals surface area (Å²) >= 11 is 0. The standard InChI is InChI=1S/C18H19N5O/c1-11(2)8-12-9-15(22-21-12)17(24)13(10-19)18-20-14-6-4-5-7-16(14)23(18)3/h4-7,9,11,13H,8H2,1-3H3,(H,21,22). The van der Waals surface area contributed by atoms with Gasteiger partial charge in [0.15, 0.2) is 5.92 Å². The summed E-state index contributed by atoms with van der Waals surface area (Å²) in [4.78, 5) is 17.2. The number of Topliss-reactive ketones (excluding diaryl/α,β-unsaturated/α-hetero) is 1. The Morgan fingerprint density at radius 2 is 2.12 bits per heavy atom. The number of carbonyl (C=O) groups excluding carboxylic acids is 1. The SMILES string of the molecule is CC(C)Cc1cc(C(=O)C(C#N)c2nc3ccccc3n2C)n[nH]1. The van der Waals surface area contributed by atoms with Crippen LogP contribution in [0.2, 0.25) is 0 Å². The van der Waals surface area contributed by atoms with Gasteiger partial charge in [-0.05, 0) is 30.5 Å². The number of aromatic amines is 1. The molecule has 0 bridgehead atoms. The molecule has 1 aromatic carbocycles. The van der Waals surface area contributed by atoms with Gasteiger partial charge in [0.05, 0.1) is 17.1 Å². The van der Waals surface area contributed by atoms with Crippen LogP contribution >= 0.6 is 0 Å². The number of nitriles is 1. The Kier molecular flexibility index (Phi) is 4.17. The minimum Gasteiger partial charge on any atom is -0.330 e. The molecule has 2 heterocycles. The molecule has 0 spiro atoms. The number of imidazole rings is 1. The van der Waals surface area contributed by atoms with Crippen molar-refractivity contribution in [1.29, 1.82) is 5.26 Å². The van der Waals surface area contributed by atoms with Gasteiger partial charge in [-0.15, -0.1) is 0 Å². The van der Waals surface area contributed by atoms with E-state index in [0.717, 1.165) is 23.1 Å². The van der Waals surface area contributed by atoms with Gasteiger partial charge in [-0.2, -0.15) is 10.4 Å². The maximum absolute atomic E-state index is 12.7. The lowest BCUT2D eigenvalue weighted by molar-refractivity contribution is 0.0970. The van der Waals surface area contributed by atoms with Crippen LogP contribution in [0.15, 0.2) is 30.3 Å². The lowest BCUT2D eigenvalue weighted by Crippen LogP contribution is -2.16. The Morgan fingerprint density at radius 1 is 1.38 bits per heavy atom. The summed E-state index contributed by atoms with van der Waals surface area (Å²) < 4.78 is 1.79. The summed E-state index contributed by atoms with van der Waals surface area (Å²) in [5.41, 5.74) is 2.84. The minimum absolute atomic E-state index is 0.282. The van der Waals surface area contributed by atoms with E-state index in [0.29, 0.717) is 11.7 Å². The predicted octanol–water partition coefficient (Wildman–Crippen LogP) is 2.98. The Morgan fingerprint density at radius 3 is 2.79 bits per heavy atom. The second kappa shape index (κ2) is 6.28. The van der Waals surface area contributed by atoms with Gasteiger partial charge in [-0.25, -0.2) is 4.98 Å². The number of aromatic nitrogens is 4. The van der Waals surface area contributed by atoms with E-state index in [1.807, 2.05) is 31.3 Å². The van der Waals surface area contributed by atoms with Crippen LogP contribution in [0.4, 0.5) is 0 Å². The molecule has 0 aliphatic heterocycles. The zero-order valence-electron chi connectivity index (χ0n) is 13.9. The van der Waals surface area contributed by atoms with Crippen molar-refractivity contribution < 1.29 is 4.79 Å². The molecule has 1 atom stereocenters. The molecule has 0 aliphatic rings. The second-order valence-corrected chi connectivity index (χ2v) is 6.32. The number of carbonyl (C=O) groups is 1. The third-order valence-corrected chi connectivity index (χ3v) is 3.98. The number of ketones is 1. The Labute approximate surface area is 140 Å². The monoisotopic (exact) mass is 321 g/mol. The molecule has 24 heavy (non-hydrogen) atoms. The summed E-state index contributed by atoms with van der Waals surface area (Å²) in [6.45, 7) is 4.19. The van der Waals surface area contributed by atoms with Crippen molar-refractivity contribution in [2.24, 2.45) is 13.0 Å². The molecular weight excluding hydrogens is 302 g/mol. The molecule has 0 amide bonds. The number of aryl methyl sites for hydroxylation is 1. The van der Waals surface area contributed by atoms with Gasteiger partial charge in [0.2, 0.25) is 5.78 Å². The second-order valence-electron chi connectivity index (χ2n) is 6.32. The zero-order chi connectivity index (χ0) is 17.3. The van der Waals surface area contributed by atoms with Crippen molar-refractivity contribution in [1.82, 2.24) is 19.7 Å². The van der Waals surface area contributed by atoms with Gasteiger partial charge in [-0.1, -0.05) is 26.0 Å². The summed E-state index contributed by atoms with van der Waals surface area (Å²) in [6.07, 6.45) is 0.809. The number of nitrogens with one attached hydrogen (secondary N) is 1. The maximum atomic E-state index is 12.7. The van der Waals surface area contributed by atoms with E-state index in [1.165, 1.54) is 0 Å². The quantitative estimate of drug-likeness (QED) is 0.732. The molecule has 0 radical (unpaired) electrons. The molecule has 6 heteroatoms. The largest absolute Gasteiger partial charge is 0.330 e. The van der Waals surface area contributed by atoms with E-state index >= 15 is 0 Å². The number of fused-ring (bicyclic) bond motifs is 1. The average molecular weight is 321 g/mol. The molecule has 6 nitrogen and oxygen atoms in total. The van der Waals surface area contributed by atoms with Gasteiger partial charge >= 0.3 is 0 Å². The lowest BCUT2D eigenvalue weighted by Gasteiger charge is -2.06. The number of para-hydroxylation sites is 2. The van der Waals surface area contributed by atoms with Crippen molar-refractivity contribution in [3.05, 3.63) is 47.5 Å². The van der Waals surface area contributed by atoms with E-state index in [2.05, 4.69) is 35.1 Å². The first kappa shape index (κ1) is 15.9. The first-order valence-corrected chi connectivity index (χ1v) is 7.90. The summed E-state index contributed by atoms with van der Waals surface area (Å²) in [7, 11) is 1.82. The van der Waals surface area contributed by atoms with Gasteiger partial charge in [0, 0.05) is 12.7 Å². The topological polar surface area (TPSA) is 87.4 Å². The predicted molar refractivity (Wildman–Crippen MR) is 90.5 cm³/mol. The minimum atomic E-state index is -0.974. The lowest BCUT2D eigenvalue weighted by atomic mass is 10.0. The van der Waals surface area contributed by atoms with Crippen LogP contribution in [0.5, 0.6) is 0 Å².